The zero-order valence-corrected chi connectivity index (χ0v) is 14.5. The number of nitriles is 2. The third-order valence-corrected chi connectivity index (χ3v) is 4.33. The zero-order chi connectivity index (χ0) is 18.2. The summed E-state index contributed by atoms with van der Waals surface area (Å²) in [7, 11) is -1.78. The molecule has 0 bridgehead atoms. The van der Waals surface area contributed by atoms with Crippen LogP contribution in [0.5, 0.6) is 17.2 Å². The average Bonchev–Trinajstić information content (AvgIpc) is 2.70. The lowest BCUT2D eigenvalue weighted by atomic mass is 10.2. The van der Waals surface area contributed by atoms with E-state index in [0.717, 1.165) is 0 Å². The maximum absolute atomic E-state index is 8.88. The highest BCUT2D eigenvalue weighted by molar-refractivity contribution is 7.43. The van der Waals surface area contributed by atoms with E-state index in [-0.39, 0.29) is 0 Å². The summed E-state index contributed by atoms with van der Waals surface area (Å²) in [5.41, 5.74) is 1.08. The van der Waals surface area contributed by atoms with Crippen molar-refractivity contribution < 1.29 is 13.6 Å². The molecule has 3 aromatic carbocycles. The number of para-hydroxylation sites is 1. The lowest BCUT2D eigenvalue weighted by Gasteiger charge is -2.18. The Morgan fingerprint density at radius 2 is 0.923 bits per heavy atom. The lowest BCUT2D eigenvalue weighted by molar-refractivity contribution is 0.388. The Kier molecular flexibility index (Phi) is 5.68. The highest BCUT2D eigenvalue weighted by atomic mass is 31.2. The highest BCUT2D eigenvalue weighted by Gasteiger charge is 2.19. The number of nitrogens with zero attached hydrogens (tertiary/aromatic N) is 2. The first-order valence-electron chi connectivity index (χ1n) is 7.66. The fourth-order valence-electron chi connectivity index (χ4n) is 1.98. The van der Waals surface area contributed by atoms with E-state index in [0.29, 0.717) is 28.4 Å². The molecular formula is C20H13N2O3P. The van der Waals surface area contributed by atoms with Crippen molar-refractivity contribution >= 4 is 8.60 Å². The second kappa shape index (κ2) is 8.53. The van der Waals surface area contributed by atoms with Gasteiger partial charge in [-0.2, -0.15) is 10.5 Å². The minimum Gasteiger partial charge on any atom is -0.409 e. The molecule has 0 saturated carbocycles. The van der Waals surface area contributed by atoms with Crippen LogP contribution in [-0.2, 0) is 0 Å². The predicted molar refractivity (Wildman–Crippen MR) is 97.6 cm³/mol. The number of hydrogen-bond acceptors (Lipinski definition) is 5. The third-order valence-electron chi connectivity index (χ3n) is 3.25. The van der Waals surface area contributed by atoms with Crippen LogP contribution in [0.1, 0.15) is 11.1 Å². The second-order valence-electron chi connectivity index (χ2n) is 5.08. The largest absolute Gasteiger partial charge is 0.530 e. The number of hydrogen-bond donors (Lipinski definition) is 0. The summed E-state index contributed by atoms with van der Waals surface area (Å²) in [6, 6.07) is 26.7. The van der Waals surface area contributed by atoms with E-state index in [1.807, 2.05) is 18.2 Å². The summed E-state index contributed by atoms with van der Waals surface area (Å²) in [4.78, 5) is 0. The lowest BCUT2D eigenvalue weighted by Crippen LogP contribution is -2.02. The van der Waals surface area contributed by atoms with Crippen molar-refractivity contribution in [2.45, 2.75) is 0 Å². The van der Waals surface area contributed by atoms with Gasteiger partial charge in [0.15, 0.2) is 0 Å². The summed E-state index contributed by atoms with van der Waals surface area (Å²) in [6.07, 6.45) is 0. The molecule has 0 N–H and O–H groups in total. The maximum atomic E-state index is 8.88. The first-order chi connectivity index (χ1) is 12.8. The van der Waals surface area contributed by atoms with Gasteiger partial charge < -0.3 is 13.6 Å². The van der Waals surface area contributed by atoms with Gasteiger partial charge in [0.2, 0.25) is 0 Å². The Bertz CT molecular complexity index is 871. The molecule has 0 aliphatic heterocycles. The molecule has 5 nitrogen and oxygen atoms in total. The molecule has 0 unspecified atom stereocenters. The van der Waals surface area contributed by atoms with Crippen molar-refractivity contribution in [3.05, 3.63) is 90.0 Å². The van der Waals surface area contributed by atoms with Crippen LogP contribution in [-0.4, -0.2) is 0 Å². The zero-order valence-electron chi connectivity index (χ0n) is 13.6. The van der Waals surface area contributed by atoms with Crippen LogP contribution in [0.3, 0.4) is 0 Å². The van der Waals surface area contributed by atoms with Crippen LogP contribution in [0.25, 0.3) is 0 Å². The Labute approximate surface area is 152 Å². The molecule has 3 rings (SSSR count). The molecule has 0 saturated heterocycles. The SMILES string of the molecule is N#Cc1ccc(OP(Oc2ccccc2)Oc2ccc(C#N)cc2)cc1. The third kappa shape index (κ3) is 4.74. The minimum absolute atomic E-state index is 0.527. The minimum atomic E-state index is -1.78. The second-order valence-corrected chi connectivity index (χ2v) is 6.08. The Morgan fingerprint density at radius 3 is 1.31 bits per heavy atom. The first kappa shape index (κ1) is 17.3. The van der Waals surface area contributed by atoms with Crippen molar-refractivity contribution in [2.75, 3.05) is 0 Å². The van der Waals surface area contributed by atoms with E-state index in [1.54, 1.807) is 60.7 Å². The maximum Gasteiger partial charge on any atom is 0.530 e. The summed E-state index contributed by atoms with van der Waals surface area (Å²) in [5.74, 6) is 1.67. The van der Waals surface area contributed by atoms with Gasteiger partial charge in [0, 0.05) is 0 Å². The van der Waals surface area contributed by atoms with E-state index < -0.39 is 8.60 Å². The van der Waals surface area contributed by atoms with Gasteiger partial charge in [-0.1, -0.05) is 18.2 Å². The Hall–Kier alpha value is -3.53. The van der Waals surface area contributed by atoms with Gasteiger partial charge in [-0.15, -0.1) is 0 Å². The van der Waals surface area contributed by atoms with Crippen LogP contribution in [0.15, 0.2) is 78.9 Å². The smallest absolute Gasteiger partial charge is 0.409 e. The average molecular weight is 360 g/mol. The van der Waals surface area contributed by atoms with Crippen LogP contribution in [0, 0.1) is 22.7 Å². The number of rotatable bonds is 6. The molecular weight excluding hydrogens is 347 g/mol. The molecule has 0 aromatic heterocycles. The van der Waals surface area contributed by atoms with Gasteiger partial charge in [0.05, 0.1) is 23.3 Å². The Morgan fingerprint density at radius 1 is 0.538 bits per heavy atom. The van der Waals surface area contributed by atoms with E-state index in [1.165, 1.54) is 0 Å². The molecule has 26 heavy (non-hydrogen) atoms. The predicted octanol–water partition coefficient (Wildman–Crippen LogP) is 5.19. The summed E-state index contributed by atoms with van der Waals surface area (Å²) in [6.45, 7) is 0. The van der Waals surface area contributed by atoms with Crippen molar-refractivity contribution in [3.63, 3.8) is 0 Å². The standard InChI is InChI=1S/C20H13N2O3P/c21-14-16-6-10-19(11-7-16)24-26(23-18-4-2-1-3-5-18)25-20-12-8-17(15-22)9-13-20/h1-13H. The van der Waals surface area contributed by atoms with E-state index in [9.17, 15) is 0 Å². The molecule has 0 amide bonds. The van der Waals surface area contributed by atoms with Gasteiger partial charge in [0.25, 0.3) is 0 Å². The Balaban J connectivity index is 1.78. The normalized spacial score (nSPS) is 9.81. The van der Waals surface area contributed by atoms with Gasteiger partial charge in [-0.25, -0.2) is 0 Å². The van der Waals surface area contributed by atoms with Crippen LogP contribution < -0.4 is 13.6 Å². The molecule has 0 spiro atoms. The molecule has 6 heteroatoms. The molecule has 0 aliphatic rings. The topological polar surface area (TPSA) is 75.3 Å². The van der Waals surface area contributed by atoms with Gasteiger partial charge in [-0.3, -0.25) is 0 Å². The van der Waals surface area contributed by atoms with Gasteiger partial charge >= 0.3 is 8.60 Å². The molecule has 0 fully saturated rings. The van der Waals surface area contributed by atoms with Crippen LogP contribution in [0.2, 0.25) is 0 Å². The highest BCUT2D eigenvalue weighted by Crippen LogP contribution is 2.42. The molecule has 0 heterocycles. The molecule has 0 aliphatic carbocycles. The van der Waals surface area contributed by atoms with E-state index in [4.69, 9.17) is 24.1 Å². The number of benzene rings is 3. The van der Waals surface area contributed by atoms with Crippen molar-refractivity contribution in [2.24, 2.45) is 0 Å². The fraction of sp³-hybridized carbons (Fsp3) is 0. The molecule has 126 valence electrons. The molecule has 3 aromatic rings. The van der Waals surface area contributed by atoms with Crippen molar-refractivity contribution in [1.29, 1.82) is 10.5 Å². The van der Waals surface area contributed by atoms with Crippen molar-refractivity contribution in [3.8, 4) is 29.4 Å². The summed E-state index contributed by atoms with van der Waals surface area (Å²) >= 11 is 0. The first-order valence-corrected chi connectivity index (χ1v) is 8.76. The fourth-order valence-corrected chi connectivity index (χ4v) is 2.97. The van der Waals surface area contributed by atoms with Crippen molar-refractivity contribution in [1.82, 2.24) is 0 Å². The monoisotopic (exact) mass is 360 g/mol. The van der Waals surface area contributed by atoms with Crippen LogP contribution in [0.4, 0.5) is 0 Å². The van der Waals surface area contributed by atoms with Gasteiger partial charge in [-0.05, 0) is 60.7 Å². The van der Waals surface area contributed by atoms with Gasteiger partial charge in [0.1, 0.15) is 17.2 Å². The summed E-state index contributed by atoms with van der Waals surface area (Å²) < 4.78 is 17.5. The van der Waals surface area contributed by atoms with E-state index in [2.05, 4.69) is 12.1 Å². The summed E-state index contributed by atoms with van der Waals surface area (Å²) in [5, 5.41) is 17.8. The molecule has 0 radical (unpaired) electrons. The van der Waals surface area contributed by atoms with Crippen LogP contribution >= 0.6 is 8.60 Å². The quantitative estimate of drug-likeness (QED) is 0.565. The van der Waals surface area contributed by atoms with E-state index >= 15 is 0 Å². The molecule has 0 atom stereocenters.